The number of sulfonamides is 1. The topological polar surface area (TPSA) is 138 Å². The van der Waals surface area contributed by atoms with Gasteiger partial charge in [-0.3, -0.25) is 14.4 Å². The van der Waals surface area contributed by atoms with Gasteiger partial charge >= 0.3 is 0 Å². The maximum absolute atomic E-state index is 14.0. The number of pyridine rings is 2. The first-order valence-corrected chi connectivity index (χ1v) is 14.0. The first-order valence-electron chi connectivity index (χ1n) is 12.6. The van der Waals surface area contributed by atoms with E-state index in [0.717, 1.165) is 5.39 Å². The molecule has 11 heteroatoms. The maximum atomic E-state index is 14.0. The summed E-state index contributed by atoms with van der Waals surface area (Å²) in [5.41, 5.74) is 0.710. The third-order valence-corrected chi connectivity index (χ3v) is 8.03. The first-order chi connectivity index (χ1) is 18.2. The Morgan fingerprint density at radius 1 is 1.11 bits per heavy atom. The van der Waals surface area contributed by atoms with Crippen LogP contribution >= 0.6 is 0 Å². The molecule has 10 nitrogen and oxygen atoms in total. The van der Waals surface area contributed by atoms with Crippen molar-refractivity contribution in [2.24, 2.45) is 5.92 Å². The number of hydrogen-bond donors (Lipinski definition) is 2. The van der Waals surface area contributed by atoms with Gasteiger partial charge in [0, 0.05) is 11.6 Å². The van der Waals surface area contributed by atoms with E-state index in [1.165, 1.54) is 18.3 Å². The molecule has 3 aromatic rings. The number of benzene rings is 1. The lowest BCUT2D eigenvalue weighted by atomic mass is 10.0. The van der Waals surface area contributed by atoms with Crippen LogP contribution in [0.15, 0.2) is 65.8 Å². The number of ketones is 1. The highest BCUT2D eigenvalue weighted by molar-refractivity contribution is 7.89. The van der Waals surface area contributed by atoms with Crippen LogP contribution in [-0.4, -0.2) is 65.5 Å². The standard InChI is InChI=1S/C27H31N5O5S/c1-18(2)16-22(31-26(34)21-13-12-19-8-3-4-9-20(19)30-21)27(35)32(23-10-7-14-28-17-24(23)33)38(36,37)25-11-5-6-15-29-25/h3-6,8-9,11-13,15,18,22-23,28H,7,10,14,16-17H2,1-2H3,(H,31,34)/t22?,23-/m0/s1. The highest BCUT2D eigenvalue weighted by Gasteiger charge is 2.43. The summed E-state index contributed by atoms with van der Waals surface area (Å²) in [6, 6.07) is 12.5. The molecule has 3 heterocycles. The number of nitrogens with one attached hydrogen (secondary N) is 2. The largest absolute Gasteiger partial charge is 0.339 e. The van der Waals surface area contributed by atoms with E-state index in [1.54, 1.807) is 30.3 Å². The minimum absolute atomic E-state index is 0.0611. The van der Waals surface area contributed by atoms with Crippen LogP contribution in [0.3, 0.4) is 0 Å². The van der Waals surface area contributed by atoms with Gasteiger partial charge < -0.3 is 10.6 Å². The Hall–Kier alpha value is -3.70. The Labute approximate surface area is 221 Å². The molecular weight excluding hydrogens is 506 g/mol. The molecule has 2 atom stereocenters. The van der Waals surface area contributed by atoms with E-state index in [9.17, 15) is 22.8 Å². The third kappa shape index (κ3) is 6.05. The average molecular weight is 538 g/mol. The normalized spacial score (nSPS) is 17.1. The van der Waals surface area contributed by atoms with E-state index in [4.69, 9.17) is 0 Å². The Morgan fingerprint density at radius 2 is 1.87 bits per heavy atom. The number of amides is 2. The molecule has 200 valence electrons. The second-order valence-corrected chi connectivity index (χ2v) is 11.4. The van der Waals surface area contributed by atoms with Crippen molar-refractivity contribution in [1.82, 2.24) is 24.9 Å². The fourth-order valence-electron chi connectivity index (χ4n) is 4.47. The van der Waals surface area contributed by atoms with Gasteiger partial charge in [0.2, 0.25) is 0 Å². The first kappa shape index (κ1) is 27.3. The van der Waals surface area contributed by atoms with E-state index in [-0.39, 0.29) is 36.0 Å². The fraction of sp³-hybridized carbons (Fsp3) is 0.370. The minimum Gasteiger partial charge on any atom is -0.339 e. The zero-order chi connectivity index (χ0) is 27.3. The van der Waals surface area contributed by atoms with Crippen molar-refractivity contribution in [3.63, 3.8) is 0 Å². The molecule has 0 bridgehead atoms. The molecule has 1 saturated heterocycles. The molecule has 0 spiro atoms. The number of hydrogen-bond acceptors (Lipinski definition) is 8. The number of carbonyl (C=O) groups is 3. The number of rotatable bonds is 8. The van der Waals surface area contributed by atoms with E-state index >= 15 is 0 Å². The Morgan fingerprint density at radius 3 is 2.61 bits per heavy atom. The molecule has 2 N–H and O–H groups in total. The van der Waals surface area contributed by atoms with Gasteiger partial charge in [-0.2, -0.15) is 8.42 Å². The number of nitrogens with zero attached hydrogens (tertiary/aromatic N) is 3. The molecule has 0 aliphatic carbocycles. The maximum Gasteiger partial charge on any atom is 0.284 e. The van der Waals surface area contributed by atoms with E-state index in [0.29, 0.717) is 22.8 Å². The number of carbonyl (C=O) groups excluding carboxylic acids is 3. The van der Waals surface area contributed by atoms with Crippen molar-refractivity contribution in [3.8, 4) is 0 Å². The van der Waals surface area contributed by atoms with Crippen molar-refractivity contribution in [2.75, 3.05) is 13.1 Å². The zero-order valence-electron chi connectivity index (χ0n) is 21.3. The summed E-state index contributed by atoms with van der Waals surface area (Å²) >= 11 is 0. The van der Waals surface area contributed by atoms with Crippen LogP contribution in [0.1, 0.15) is 43.6 Å². The van der Waals surface area contributed by atoms with Crippen LogP contribution < -0.4 is 10.6 Å². The molecule has 0 saturated carbocycles. The Balaban J connectivity index is 1.71. The lowest BCUT2D eigenvalue weighted by Crippen LogP contribution is -2.56. The molecule has 1 aliphatic heterocycles. The predicted octanol–water partition coefficient (Wildman–Crippen LogP) is 2.31. The van der Waals surface area contributed by atoms with E-state index in [1.807, 2.05) is 26.0 Å². The van der Waals surface area contributed by atoms with Gasteiger partial charge in [0.1, 0.15) is 17.8 Å². The van der Waals surface area contributed by atoms with Gasteiger partial charge in [-0.05, 0) is 56.0 Å². The predicted molar refractivity (Wildman–Crippen MR) is 142 cm³/mol. The van der Waals surface area contributed by atoms with Crippen molar-refractivity contribution in [1.29, 1.82) is 0 Å². The van der Waals surface area contributed by atoms with Crippen LogP contribution in [0.5, 0.6) is 0 Å². The van der Waals surface area contributed by atoms with Gasteiger partial charge in [0.15, 0.2) is 10.8 Å². The van der Waals surface area contributed by atoms with Crippen molar-refractivity contribution in [3.05, 3.63) is 66.5 Å². The average Bonchev–Trinajstić information content (AvgIpc) is 3.12. The second kappa shape index (κ2) is 11.8. The molecule has 1 aromatic carbocycles. The highest BCUT2D eigenvalue weighted by atomic mass is 32.2. The summed E-state index contributed by atoms with van der Waals surface area (Å²) in [5.74, 6) is -1.97. The molecule has 2 aromatic heterocycles. The number of aromatic nitrogens is 2. The van der Waals surface area contributed by atoms with Crippen LogP contribution in [0.2, 0.25) is 0 Å². The lowest BCUT2D eigenvalue weighted by Gasteiger charge is -2.32. The minimum atomic E-state index is -4.50. The van der Waals surface area contributed by atoms with Gasteiger partial charge in [-0.1, -0.05) is 44.2 Å². The molecule has 1 aliphatic rings. The Kier molecular flexibility index (Phi) is 8.48. The summed E-state index contributed by atoms with van der Waals surface area (Å²) in [7, 11) is -4.50. The van der Waals surface area contributed by atoms with E-state index in [2.05, 4.69) is 20.6 Å². The molecule has 4 rings (SSSR count). The molecule has 38 heavy (non-hydrogen) atoms. The van der Waals surface area contributed by atoms with Crippen LogP contribution in [0, 0.1) is 5.92 Å². The van der Waals surface area contributed by atoms with Crippen molar-refractivity contribution < 1.29 is 22.8 Å². The monoisotopic (exact) mass is 537 g/mol. The molecule has 0 radical (unpaired) electrons. The SMILES string of the molecule is CC(C)CC(NC(=O)c1ccc2ccccc2n1)C(=O)N([C@H]1CCCNCC1=O)S(=O)(=O)c1ccccn1. The summed E-state index contributed by atoms with van der Waals surface area (Å²) in [6.07, 6.45) is 2.13. The van der Waals surface area contributed by atoms with Gasteiger partial charge in [0.05, 0.1) is 12.1 Å². The second-order valence-electron chi connectivity index (χ2n) is 9.65. The van der Waals surface area contributed by atoms with Crippen molar-refractivity contribution in [2.45, 2.75) is 50.2 Å². The summed E-state index contributed by atoms with van der Waals surface area (Å²) in [4.78, 5) is 48.6. The molecule has 1 unspecified atom stereocenters. The Bertz CT molecular complexity index is 1430. The number of Topliss-reactive ketones (excluding diaryl/α,β-unsaturated/α-hetero) is 1. The quantitative estimate of drug-likeness (QED) is 0.446. The summed E-state index contributed by atoms with van der Waals surface area (Å²) < 4.78 is 28.2. The van der Waals surface area contributed by atoms with Crippen LogP contribution in [-0.2, 0) is 19.6 Å². The summed E-state index contributed by atoms with van der Waals surface area (Å²) in [5, 5.41) is 6.17. The molecular formula is C27H31N5O5S. The van der Waals surface area contributed by atoms with Crippen molar-refractivity contribution >= 4 is 38.5 Å². The highest BCUT2D eigenvalue weighted by Crippen LogP contribution is 2.24. The number of fused-ring (bicyclic) bond motifs is 1. The molecule has 1 fully saturated rings. The third-order valence-electron chi connectivity index (χ3n) is 6.30. The number of para-hydroxylation sites is 1. The van der Waals surface area contributed by atoms with Crippen LogP contribution in [0.25, 0.3) is 10.9 Å². The molecule has 2 amide bonds. The van der Waals surface area contributed by atoms with E-state index < -0.39 is 39.7 Å². The fourth-order valence-corrected chi connectivity index (χ4v) is 6.04. The van der Waals surface area contributed by atoms with Gasteiger partial charge in [-0.25, -0.2) is 14.3 Å². The summed E-state index contributed by atoms with van der Waals surface area (Å²) in [6.45, 7) is 4.18. The zero-order valence-corrected chi connectivity index (χ0v) is 22.1. The van der Waals surface area contributed by atoms with Gasteiger partial charge in [-0.15, -0.1) is 0 Å². The lowest BCUT2D eigenvalue weighted by molar-refractivity contribution is -0.135. The van der Waals surface area contributed by atoms with Crippen LogP contribution in [0.4, 0.5) is 0 Å². The van der Waals surface area contributed by atoms with Gasteiger partial charge in [0.25, 0.3) is 21.8 Å². The smallest absolute Gasteiger partial charge is 0.284 e.